The van der Waals surface area contributed by atoms with Crippen LogP contribution < -0.4 is 0 Å². The van der Waals surface area contributed by atoms with Crippen LogP contribution in [0.1, 0.15) is 52.6 Å². The minimum atomic E-state index is -0.615. The number of aromatic nitrogens is 1. The van der Waals surface area contributed by atoms with Gasteiger partial charge in [-0.25, -0.2) is 4.39 Å². The molecule has 5 nitrogen and oxygen atoms in total. The van der Waals surface area contributed by atoms with E-state index in [0.717, 1.165) is 29.8 Å². The second-order valence-electron chi connectivity index (χ2n) is 7.64. The van der Waals surface area contributed by atoms with Crippen molar-refractivity contribution in [3.8, 4) is 0 Å². The second-order valence-corrected chi connectivity index (χ2v) is 7.64. The van der Waals surface area contributed by atoms with E-state index in [-0.39, 0.29) is 30.5 Å². The van der Waals surface area contributed by atoms with E-state index >= 15 is 0 Å². The molecule has 0 fully saturated rings. The molecule has 28 heavy (non-hydrogen) atoms. The third kappa shape index (κ3) is 4.02. The normalized spacial score (nSPS) is 14.7. The molecule has 1 aliphatic rings. The number of carbonyl (C=O) groups excluding carboxylic acids is 2. The topological polar surface area (TPSA) is 62.5 Å². The van der Waals surface area contributed by atoms with Crippen molar-refractivity contribution in [3.05, 3.63) is 58.2 Å². The molecule has 0 unspecified atom stereocenters. The molecule has 1 atom stereocenters. The highest BCUT2D eigenvalue weighted by molar-refractivity contribution is 6.01. The molecule has 3 rings (SSSR count). The van der Waals surface area contributed by atoms with Gasteiger partial charge in [-0.15, -0.1) is 0 Å². The number of hydrogen-bond acceptors (Lipinski definition) is 3. The van der Waals surface area contributed by atoms with Crippen LogP contribution in [0.15, 0.2) is 24.3 Å². The number of Topliss-reactive ketones (excluding diaryl/α,β-unsaturated/α-hetero) is 1. The van der Waals surface area contributed by atoms with Gasteiger partial charge in [-0.05, 0) is 38.3 Å². The minimum absolute atomic E-state index is 0.0533. The third-order valence-corrected chi connectivity index (χ3v) is 5.43. The molecule has 0 bridgehead atoms. The van der Waals surface area contributed by atoms with E-state index < -0.39 is 6.10 Å². The second kappa shape index (κ2) is 8.27. The zero-order chi connectivity index (χ0) is 20.4. The fourth-order valence-electron chi connectivity index (χ4n) is 4.00. The van der Waals surface area contributed by atoms with Crippen LogP contribution in [0.2, 0.25) is 0 Å². The summed E-state index contributed by atoms with van der Waals surface area (Å²) in [6.07, 6.45) is 1.47. The zero-order valence-corrected chi connectivity index (χ0v) is 16.7. The monoisotopic (exact) mass is 386 g/mol. The highest BCUT2D eigenvalue weighted by Gasteiger charge is 2.29. The molecular weight excluding hydrogens is 359 g/mol. The van der Waals surface area contributed by atoms with Crippen LogP contribution >= 0.6 is 0 Å². The van der Waals surface area contributed by atoms with E-state index in [1.807, 2.05) is 11.5 Å². The first kappa shape index (κ1) is 20.3. The molecule has 1 aromatic heterocycles. The first-order chi connectivity index (χ1) is 13.3. The molecule has 6 heteroatoms. The number of likely N-dealkylation sites (N-methyl/N-ethyl adjacent to an activating group) is 1. The number of amides is 1. The van der Waals surface area contributed by atoms with Crippen molar-refractivity contribution in [2.45, 2.75) is 52.2 Å². The Bertz CT molecular complexity index is 901. The van der Waals surface area contributed by atoms with Crippen molar-refractivity contribution in [3.63, 3.8) is 0 Å². The van der Waals surface area contributed by atoms with Gasteiger partial charge in [0.05, 0.1) is 19.1 Å². The van der Waals surface area contributed by atoms with Crippen molar-refractivity contribution in [1.82, 2.24) is 9.47 Å². The van der Waals surface area contributed by atoms with E-state index in [4.69, 9.17) is 0 Å². The van der Waals surface area contributed by atoms with Gasteiger partial charge in [-0.3, -0.25) is 9.59 Å². The van der Waals surface area contributed by atoms with Gasteiger partial charge in [0.25, 0.3) is 0 Å². The Hall–Kier alpha value is -2.47. The maximum absolute atomic E-state index is 14.2. The molecule has 2 aromatic rings. The van der Waals surface area contributed by atoms with Crippen molar-refractivity contribution in [2.75, 3.05) is 13.6 Å². The highest BCUT2D eigenvalue weighted by Crippen LogP contribution is 2.31. The van der Waals surface area contributed by atoms with Gasteiger partial charge in [0.15, 0.2) is 5.78 Å². The van der Waals surface area contributed by atoms with Gasteiger partial charge < -0.3 is 14.6 Å². The number of aliphatic hydroxyl groups is 1. The van der Waals surface area contributed by atoms with Gasteiger partial charge >= 0.3 is 0 Å². The molecule has 0 saturated heterocycles. The van der Waals surface area contributed by atoms with Crippen LogP contribution in [-0.2, 0) is 24.2 Å². The Morgan fingerprint density at radius 2 is 2.04 bits per heavy atom. The van der Waals surface area contributed by atoms with Crippen LogP contribution in [0.5, 0.6) is 0 Å². The van der Waals surface area contributed by atoms with Crippen molar-refractivity contribution in [1.29, 1.82) is 0 Å². The Balaban J connectivity index is 1.99. The maximum Gasteiger partial charge on any atom is 0.226 e. The Morgan fingerprint density at radius 3 is 2.71 bits per heavy atom. The molecule has 0 radical (unpaired) electrons. The van der Waals surface area contributed by atoms with Crippen LogP contribution in [-0.4, -0.2) is 46.0 Å². The smallest absolute Gasteiger partial charge is 0.226 e. The summed E-state index contributed by atoms with van der Waals surface area (Å²) in [7, 11) is 1.65. The molecule has 1 heterocycles. The molecule has 1 aromatic carbocycles. The largest absolute Gasteiger partial charge is 0.392 e. The van der Waals surface area contributed by atoms with Gasteiger partial charge in [-0.1, -0.05) is 18.2 Å². The molecule has 0 spiro atoms. The predicted octanol–water partition coefficient (Wildman–Crippen LogP) is 2.88. The van der Waals surface area contributed by atoms with Gasteiger partial charge in [-0.2, -0.15) is 0 Å². The molecular formula is C22H27FN2O3. The van der Waals surface area contributed by atoms with Crippen LogP contribution in [0, 0.1) is 12.7 Å². The number of nitrogens with zero attached hydrogens (tertiary/aromatic N) is 2. The van der Waals surface area contributed by atoms with Crippen LogP contribution in [0.4, 0.5) is 4.39 Å². The predicted molar refractivity (Wildman–Crippen MR) is 105 cm³/mol. The summed E-state index contributed by atoms with van der Waals surface area (Å²) in [6.45, 7) is 4.10. The van der Waals surface area contributed by atoms with Gasteiger partial charge in [0.2, 0.25) is 5.91 Å². The zero-order valence-electron chi connectivity index (χ0n) is 16.7. The summed E-state index contributed by atoms with van der Waals surface area (Å²) in [4.78, 5) is 26.8. The number of benzene rings is 1. The number of hydrogen-bond donors (Lipinski definition) is 1. The lowest BCUT2D eigenvalue weighted by Gasteiger charge is -2.19. The van der Waals surface area contributed by atoms with E-state index in [2.05, 4.69) is 0 Å². The number of rotatable bonds is 6. The molecule has 1 aliphatic carbocycles. The number of fused-ring (bicyclic) bond motifs is 1. The quantitative estimate of drug-likeness (QED) is 0.830. The van der Waals surface area contributed by atoms with Crippen molar-refractivity contribution < 1.29 is 19.1 Å². The van der Waals surface area contributed by atoms with Gasteiger partial charge in [0.1, 0.15) is 5.82 Å². The fourth-order valence-corrected chi connectivity index (χ4v) is 4.00. The molecule has 0 saturated carbocycles. The SMILES string of the molecule is Cc1c(CC(=O)N(C)C[C@H](C)O)c2c(n1Cc1ccccc1F)CCCC2=O. The maximum atomic E-state index is 14.2. The summed E-state index contributed by atoms with van der Waals surface area (Å²) in [5.74, 6) is -0.369. The average molecular weight is 386 g/mol. The lowest BCUT2D eigenvalue weighted by atomic mass is 9.92. The molecule has 0 aliphatic heterocycles. The highest BCUT2D eigenvalue weighted by atomic mass is 19.1. The average Bonchev–Trinajstić information content (AvgIpc) is 2.89. The number of carbonyl (C=O) groups is 2. The number of aliphatic hydroxyl groups excluding tert-OH is 1. The van der Waals surface area contributed by atoms with Crippen molar-refractivity contribution >= 4 is 11.7 Å². The number of halogens is 1. The van der Waals surface area contributed by atoms with E-state index in [1.54, 1.807) is 32.2 Å². The Morgan fingerprint density at radius 1 is 1.32 bits per heavy atom. The Kier molecular flexibility index (Phi) is 5.98. The summed E-state index contributed by atoms with van der Waals surface area (Å²) in [5.41, 5.74) is 3.67. The van der Waals surface area contributed by atoms with Crippen LogP contribution in [0.3, 0.4) is 0 Å². The minimum Gasteiger partial charge on any atom is -0.392 e. The molecule has 1 N–H and O–H groups in total. The summed E-state index contributed by atoms with van der Waals surface area (Å²) in [5, 5.41) is 9.53. The van der Waals surface area contributed by atoms with Crippen molar-refractivity contribution in [2.24, 2.45) is 0 Å². The number of ketones is 1. The van der Waals surface area contributed by atoms with E-state index in [1.165, 1.54) is 11.0 Å². The Labute approximate surface area is 164 Å². The summed E-state index contributed by atoms with van der Waals surface area (Å²) >= 11 is 0. The molecule has 1 amide bonds. The first-order valence-corrected chi connectivity index (χ1v) is 9.69. The van der Waals surface area contributed by atoms with E-state index in [9.17, 15) is 19.1 Å². The summed E-state index contributed by atoms with van der Waals surface area (Å²) < 4.78 is 16.2. The van der Waals surface area contributed by atoms with E-state index in [0.29, 0.717) is 24.1 Å². The van der Waals surface area contributed by atoms with Gasteiger partial charge in [0, 0.05) is 42.5 Å². The lowest BCUT2D eigenvalue weighted by Crippen LogP contribution is -2.34. The first-order valence-electron chi connectivity index (χ1n) is 9.69. The molecule has 150 valence electrons. The summed E-state index contributed by atoms with van der Waals surface area (Å²) in [6, 6.07) is 6.63. The fraction of sp³-hybridized carbons (Fsp3) is 0.455. The lowest BCUT2D eigenvalue weighted by molar-refractivity contribution is -0.130. The standard InChI is InChI=1S/C22H27FN2O3/c1-14(26)12-24(3)21(28)11-17-15(2)25(13-16-7-4-5-8-18(16)23)19-9-6-10-20(27)22(17)19/h4-5,7-8,14,26H,6,9-13H2,1-3H3/t14-/m0/s1. The van der Waals surface area contributed by atoms with Crippen LogP contribution in [0.25, 0.3) is 0 Å². The third-order valence-electron chi connectivity index (χ3n) is 5.43.